The summed E-state index contributed by atoms with van der Waals surface area (Å²) in [6.07, 6.45) is -4.69. The highest BCUT2D eigenvalue weighted by Gasteiger charge is 2.33. The number of hydrogen-bond donors (Lipinski definition) is 2. The van der Waals surface area contributed by atoms with Crippen molar-refractivity contribution in [3.8, 4) is 0 Å². The normalized spacial score (nSPS) is 11.6. The monoisotopic (exact) mass is 543 g/mol. The van der Waals surface area contributed by atoms with Gasteiger partial charge in [0, 0.05) is 6.54 Å². The Labute approximate surface area is 188 Å². The number of carbonyl (C=O) groups is 1. The topological polar surface area (TPSA) is 75.9 Å². The Kier molecular flexibility index (Phi) is 9.59. The number of esters is 1. The Morgan fingerprint density at radius 2 is 1.93 bits per heavy atom. The number of ether oxygens (including phenoxy) is 1. The molecule has 6 nitrogen and oxygen atoms in total. The lowest BCUT2D eigenvalue weighted by molar-refractivity contribution is -0.138. The number of nitrogens with zero attached hydrogens (tertiary/aromatic N) is 1. The Balaban J connectivity index is 0.00000450. The van der Waals surface area contributed by atoms with E-state index >= 15 is 0 Å². The van der Waals surface area contributed by atoms with E-state index in [4.69, 9.17) is 4.42 Å². The number of hydrogen-bond acceptors (Lipinski definition) is 4. The second-order valence-corrected chi connectivity index (χ2v) is 6.02. The van der Waals surface area contributed by atoms with Crippen LogP contribution >= 0.6 is 24.0 Å². The molecule has 0 radical (unpaired) electrons. The lowest BCUT2D eigenvalue weighted by Gasteiger charge is -2.13. The van der Waals surface area contributed by atoms with Gasteiger partial charge in [0.1, 0.15) is 22.9 Å². The number of rotatable bonds is 6. The Bertz CT molecular complexity index is 898. The minimum atomic E-state index is -4.69. The van der Waals surface area contributed by atoms with Gasteiger partial charge in [0.25, 0.3) is 0 Å². The molecule has 0 amide bonds. The number of nitrogens with one attached hydrogen (secondary N) is 2. The van der Waals surface area contributed by atoms with Gasteiger partial charge < -0.3 is 19.8 Å². The zero-order valence-electron chi connectivity index (χ0n) is 16.5. The van der Waals surface area contributed by atoms with Gasteiger partial charge in [-0.15, -0.1) is 24.0 Å². The minimum absolute atomic E-state index is 0. The fraction of sp³-hybridized carbons (Fsp3) is 0.368. The number of benzene rings is 1. The first-order valence-corrected chi connectivity index (χ1v) is 8.71. The number of halogens is 5. The smallest absolute Gasteiger partial charge is 0.416 e. The van der Waals surface area contributed by atoms with E-state index in [1.807, 2.05) is 0 Å². The summed E-state index contributed by atoms with van der Waals surface area (Å²) >= 11 is 0. The van der Waals surface area contributed by atoms with E-state index in [1.165, 1.54) is 13.2 Å². The lowest BCUT2D eigenvalue weighted by Crippen LogP contribution is -2.36. The highest BCUT2D eigenvalue weighted by molar-refractivity contribution is 14.0. The van der Waals surface area contributed by atoms with E-state index in [2.05, 4.69) is 20.4 Å². The predicted molar refractivity (Wildman–Crippen MR) is 113 cm³/mol. The van der Waals surface area contributed by atoms with E-state index in [-0.39, 0.29) is 54.2 Å². The third kappa shape index (κ3) is 6.89. The number of aliphatic imine (C=N–C) groups is 1. The summed E-state index contributed by atoms with van der Waals surface area (Å²) in [4.78, 5) is 15.7. The van der Waals surface area contributed by atoms with Crippen molar-refractivity contribution in [1.29, 1.82) is 0 Å². The number of alkyl halides is 3. The van der Waals surface area contributed by atoms with Crippen molar-refractivity contribution in [2.24, 2.45) is 4.99 Å². The van der Waals surface area contributed by atoms with Crippen LogP contribution in [0.4, 0.5) is 17.6 Å². The molecule has 2 N–H and O–H groups in total. The molecule has 0 saturated heterocycles. The third-order valence-electron chi connectivity index (χ3n) is 3.93. The molecule has 1 aromatic carbocycles. The lowest BCUT2D eigenvalue weighted by atomic mass is 10.1. The maximum atomic E-state index is 13.2. The fourth-order valence-corrected chi connectivity index (χ4v) is 2.57. The van der Waals surface area contributed by atoms with Crippen LogP contribution in [0.5, 0.6) is 0 Å². The number of carbonyl (C=O) groups excluding carboxylic acids is 1. The van der Waals surface area contributed by atoms with E-state index in [9.17, 15) is 22.4 Å². The van der Waals surface area contributed by atoms with Crippen molar-refractivity contribution < 1.29 is 31.5 Å². The van der Waals surface area contributed by atoms with Crippen molar-refractivity contribution in [2.45, 2.75) is 33.1 Å². The summed E-state index contributed by atoms with van der Waals surface area (Å²) in [6, 6.07) is 3.98. The van der Waals surface area contributed by atoms with Gasteiger partial charge in [-0.05, 0) is 37.6 Å². The van der Waals surface area contributed by atoms with E-state index in [0.29, 0.717) is 24.1 Å². The van der Waals surface area contributed by atoms with Crippen LogP contribution in [0, 0.1) is 12.7 Å². The Hall–Kier alpha value is -2.31. The summed E-state index contributed by atoms with van der Waals surface area (Å²) < 4.78 is 62.7. The predicted octanol–water partition coefficient (Wildman–Crippen LogP) is 4.41. The van der Waals surface area contributed by atoms with Crippen molar-refractivity contribution in [2.75, 3.05) is 13.7 Å². The molecule has 0 aliphatic heterocycles. The standard InChI is InChI=1S/C19H21F4N3O3.HI/c1-4-24-18(26-10-14-8-15(11(2)29-14)17(27)28-3)25-9-12-5-6-13(20)7-16(12)19(21,22)23;/h5-8H,4,9-10H2,1-3H3,(H2,24,25,26);1H. The quantitative estimate of drug-likeness (QED) is 0.186. The van der Waals surface area contributed by atoms with Gasteiger partial charge >= 0.3 is 12.1 Å². The Morgan fingerprint density at radius 3 is 2.53 bits per heavy atom. The number of methoxy groups -OCH3 is 1. The molecule has 1 heterocycles. The first-order chi connectivity index (χ1) is 13.7. The summed E-state index contributed by atoms with van der Waals surface area (Å²) in [6.45, 7) is 3.70. The van der Waals surface area contributed by atoms with Crippen LogP contribution < -0.4 is 10.6 Å². The van der Waals surface area contributed by atoms with Crippen molar-refractivity contribution in [3.63, 3.8) is 0 Å². The Morgan fingerprint density at radius 1 is 1.23 bits per heavy atom. The molecule has 0 unspecified atom stereocenters. The molecular formula is C19H22F4IN3O3. The van der Waals surface area contributed by atoms with Crippen LogP contribution in [0.1, 0.15) is 39.9 Å². The summed E-state index contributed by atoms with van der Waals surface area (Å²) in [5, 5.41) is 5.81. The van der Waals surface area contributed by atoms with Gasteiger partial charge in [-0.2, -0.15) is 13.2 Å². The molecule has 11 heteroatoms. The van der Waals surface area contributed by atoms with Gasteiger partial charge in [-0.1, -0.05) is 6.07 Å². The van der Waals surface area contributed by atoms with Gasteiger partial charge in [0.2, 0.25) is 0 Å². The third-order valence-corrected chi connectivity index (χ3v) is 3.93. The largest absolute Gasteiger partial charge is 0.465 e. The van der Waals surface area contributed by atoms with Crippen LogP contribution in [-0.4, -0.2) is 25.6 Å². The van der Waals surface area contributed by atoms with Gasteiger partial charge in [-0.25, -0.2) is 14.2 Å². The molecule has 2 aromatic rings. The maximum absolute atomic E-state index is 13.2. The van der Waals surface area contributed by atoms with Gasteiger partial charge in [0.15, 0.2) is 5.96 Å². The summed E-state index contributed by atoms with van der Waals surface area (Å²) in [7, 11) is 1.26. The van der Waals surface area contributed by atoms with Gasteiger partial charge in [-0.3, -0.25) is 0 Å². The van der Waals surface area contributed by atoms with Crippen molar-refractivity contribution in [1.82, 2.24) is 10.6 Å². The zero-order valence-corrected chi connectivity index (χ0v) is 18.9. The molecule has 0 fully saturated rings. The minimum Gasteiger partial charge on any atom is -0.465 e. The number of furan rings is 1. The molecule has 0 atom stereocenters. The molecule has 0 spiro atoms. The van der Waals surface area contributed by atoms with Crippen molar-refractivity contribution >= 4 is 35.9 Å². The highest BCUT2D eigenvalue weighted by atomic mass is 127. The second kappa shape index (κ2) is 11.2. The van der Waals surface area contributed by atoms with Crippen LogP contribution in [0.3, 0.4) is 0 Å². The molecule has 0 aliphatic carbocycles. The average molecular weight is 543 g/mol. The zero-order chi connectivity index (χ0) is 21.6. The number of aryl methyl sites for hydroxylation is 1. The van der Waals surface area contributed by atoms with Crippen LogP contribution in [-0.2, 0) is 24.0 Å². The van der Waals surface area contributed by atoms with Crippen molar-refractivity contribution in [3.05, 3.63) is 58.3 Å². The number of guanidine groups is 1. The SMILES string of the molecule is CCNC(=NCc1ccc(F)cc1C(F)(F)F)NCc1cc(C(=O)OC)c(C)o1.I. The molecule has 30 heavy (non-hydrogen) atoms. The first kappa shape index (κ1) is 25.7. The maximum Gasteiger partial charge on any atom is 0.416 e. The molecule has 0 aliphatic rings. The molecule has 0 bridgehead atoms. The average Bonchev–Trinajstić information content (AvgIpc) is 3.04. The van der Waals surface area contributed by atoms with Crippen LogP contribution in [0.15, 0.2) is 33.7 Å². The van der Waals surface area contributed by atoms with E-state index in [0.717, 1.165) is 12.1 Å². The van der Waals surface area contributed by atoms with Crippen LogP contribution in [0.2, 0.25) is 0 Å². The highest BCUT2D eigenvalue weighted by Crippen LogP contribution is 2.32. The van der Waals surface area contributed by atoms with Crippen LogP contribution in [0.25, 0.3) is 0 Å². The second-order valence-electron chi connectivity index (χ2n) is 6.02. The van der Waals surface area contributed by atoms with E-state index < -0.39 is 23.5 Å². The molecule has 2 rings (SSSR count). The molecule has 0 saturated carbocycles. The first-order valence-electron chi connectivity index (χ1n) is 8.71. The molecular weight excluding hydrogens is 521 g/mol. The van der Waals surface area contributed by atoms with Gasteiger partial charge in [0.05, 0.1) is 25.8 Å². The van der Waals surface area contributed by atoms with E-state index in [1.54, 1.807) is 13.8 Å². The fourth-order valence-electron chi connectivity index (χ4n) is 2.57. The molecule has 1 aromatic heterocycles. The molecule has 166 valence electrons. The summed E-state index contributed by atoms with van der Waals surface area (Å²) in [5.74, 6) is -0.458. The summed E-state index contributed by atoms with van der Waals surface area (Å²) in [5.41, 5.74) is -0.938.